The van der Waals surface area contributed by atoms with Gasteiger partial charge in [-0.15, -0.1) is 16.9 Å². The van der Waals surface area contributed by atoms with Gasteiger partial charge in [-0.05, 0) is 24.4 Å². The van der Waals surface area contributed by atoms with Crippen molar-refractivity contribution in [2.24, 2.45) is 7.05 Å². The number of ether oxygens (including phenoxy) is 1. The Morgan fingerprint density at radius 1 is 1.52 bits per heavy atom. The molecule has 1 N–H and O–H groups in total. The number of nitrogens with one attached hydrogen (secondary N) is 1. The van der Waals surface area contributed by atoms with Gasteiger partial charge in [0.15, 0.2) is 17.7 Å². The lowest BCUT2D eigenvalue weighted by atomic mass is 10.2. The molecule has 0 aliphatic carbocycles. The molecule has 1 aromatic heterocycles. The van der Waals surface area contributed by atoms with Crippen molar-refractivity contribution in [2.45, 2.75) is 11.9 Å². The van der Waals surface area contributed by atoms with E-state index in [9.17, 15) is 4.79 Å². The van der Waals surface area contributed by atoms with Crippen molar-refractivity contribution < 1.29 is 14.4 Å². The van der Waals surface area contributed by atoms with Crippen molar-refractivity contribution in [2.75, 3.05) is 26.0 Å². The van der Waals surface area contributed by atoms with Crippen molar-refractivity contribution in [3.63, 3.8) is 0 Å². The maximum Gasteiger partial charge on any atom is 0.324 e. The molecule has 0 radical (unpaired) electrons. The van der Waals surface area contributed by atoms with Crippen LogP contribution in [0.15, 0.2) is 24.3 Å². The summed E-state index contributed by atoms with van der Waals surface area (Å²) in [5.41, 5.74) is 0.855. The molecular weight excluding hydrogens is 380 g/mol. The predicted octanol–water partition coefficient (Wildman–Crippen LogP) is 1.40. The number of methoxy groups -OCH3 is 1. The Kier molecular flexibility index (Phi) is 5.83. The maximum atomic E-state index is 11.8. The van der Waals surface area contributed by atoms with Crippen LogP contribution in [0, 0.1) is 4.77 Å². The van der Waals surface area contributed by atoms with Crippen LogP contribution in [0.3, 0.4) is 0 Å². The number of benzene rings is 1. The van der Waals surface area contributed by atoms with Crippen molar-refractivity contribution >= 4 is 41.6 Å². The fourth-order valence-corrected chi connectivity index (χ4v) is 4.56. The van der Waals surface area contributed by atoms with E-state index in [1.165, 1.54) is 12.0 Å². The smallest absolute Gasteiger partial charge is 0.324 e. The Balaban J connectivity index is 1.82. The number of carbonyl (C=O) groups is 1. The molecule has 1 fully saturated rings. The van der Waals surface area contributed by atoms with Crippen LogP contribution in [0.4, 0.5) is 0 Å². The summed E-state index contributed by atoms with van der Waals surface area (Å²) < 4.78 is 9.19. The molecule has 25 heavy (non-hydrogen) atoms. The average Bonchev–Trinajstić information content (AvgIpc) is 2.90. The number of quaternary nitrogens is 1. The average molecular weight is 400 g/mol. The summed E-state index contributed by atoms with van der Waals surface area (Å²) >= 11 is 13.5. The van der Waals surface area contributed by atoms with Gasteiger partial charge in [-0.1, -0.05) is 23.7 Å². The minimum Gasteiger partial charge on any atom is -0.468 e. The summed E-state index contributed by atoms with van der Waals surface area (Å²) in [4.78, 5) is 13.1. The normalized spacial score (nSPS) is 20.4. The number of rotatable bonds is 4. The number of nitrogens with zero attached hydrogens (tertiary/aromatic N) is 3. The Labute approximate surface area is 160 Å². The van der Waals surface area contributed by atoms with Gasteiger partial charge >= 0.3 is 5.97 Å². The second-order valence-electron chi connectivity index (χ2n) is 5.89. The van der Waals surface area contributed by atoms with Gasteiger partial charge in [0, 0.05) is 18.4 Å². The molecule has 9 heteroatoms. The van der Waals surface area contributed by atoms with E-state index < -0.39 is 0 Å². The molecule has 0 amide bonds. The van der Waals surface area contributed by atoms with E-state index in [-0.39, 0.29) is 11.2 Å². The van der Waals surface area contributed by atoms with Crippen LogP contribution in [0.2, 0.25) is 5.02 Å². The van der Waals surface area contributed by atoms with Gasteiger partial charge in [-0.3, -0.25) is 4.79 Å². The summed E-state index contributed by atoms with van der Waals surface area (Å²) in [6.07, 6.45) is 0. The van der Waals surface area contributed by atoms with Crippen LogP contribution >= 0.6 is 35.6 Å². The zero-order valence-corrected chi connectivity index (χ0v) is 16.5. The van der Waals surface area contributed by atoms with Gasteiger partial charge in [-0.25, -0.2) is 0 Å². The molecule has 2 atom stereocenters. The number of esters is 1. The number of halogens is 1. The second-order valence-corrected chi connectivity index (χ2v) is 7.97. The van der Waals surface area contributed by atoms with Crippen LogP contribution < -0.4 is 4.90 Å². The Hall–Kier alpha value is -1.35. The summed E-state index contributed by atoms with van der Waals surface area (Å²) in [6.45, 7) is 2.28. The predicted molar refractivity (Wildman–Crippen MR) is 101 cm³/mol. The third-order valence-electron chi connectivity index (χ3n) is 4.24. The highest BCUT2D eigenvalue weighted by Crippen LogP contribution is 2.25. The topological polar surface area (TPSA) is 53.5 Å². The van der Waals surface area contributed by atoms with Gasteiger partial charge < -0.3 is 14.2 Å². The van der Waals surface area contributed by atoms with Crippen LogP contribution in [0.1, 0.15) is 0 Å². The molecule has 2 aromatic rings. The van der Waals surface area contributed by atoms with E-state index >= 15 is 0 Å². The van der Waals surface area contributed by atoms with Crippen molar-refractivity contribution in [1.29, 1.82) is 0 Å². The minimum absolute atomic E-state index is 0.130. The van der Waals surface area contributed by atoms with E-state index in [4.69, 9.17) is 28.6 Å². The lowest BCUT2D eigenvalue weighted by Crippen LogP contribution is -3.14. The standard InChI is InChI=1S/C16H19ClN4O2S2/c1-19-14(11-5-3-4-6-12(11)17)18-21(16(19)24)10-20-7-8-25-13(9-20)15(22)23-2/h3-6,13H,7-10H2,1-2H3/p+1/t13-/m1/s1. The molecule has 1 aromatic carbocycles. The molecule has 3 rings (SSSR count). The zero-order chi connectivity index (χ0) is 18.0. The molecule has 1 aliphatic rings. The third kappa shape index (κ3) is 3.92. The summed E-state index contributed by atoms with van der Waals surface area (Å²) in [5.74, 6) is 1.49. The van der Waals surface area contributed by atoms with Crippen molar-refractivity contribution in [3.05, 3.63) is 34.1 Å². The fourth-order valence-electron chi connectivity index (χ4n) is 2.87. The minimum atomic E-state index is -0.163. The summed E-state index contributed by atoms with van der Waals surface area (Å²) in [5, 5.41) is 5.19. The molecule has 0 saturated carbocycles. The number of carbonyl (C=O) groups excluding carboxylic acids is 1. The molecule has 6 nitrogen and oxygen atoms in total. The zero-order valence-electron chi connectivity index (χ0n) is 14.1. The van der Waals surface area contributed by atoms with E-state index in [0.29, 0.717) is 23.0 Å². The molecule has 134 valence electrons. The SMILES string of the molecule is COC(=O)[C@H]1C[NH+](Cn2nc(-c3ccccc3Cl)n(C)c2=S)CCS1. The Bertz CT molecular complexity index is 836. The first-order chi connectivity index (χ1) is 12.0. The molecule has 0 spiro atoms. The lowest BCUT2D eigenvalue weighted by Gasteiger charge is -2.27. The molecule has 0 bridgehead atoms. The number of hydrogen-bond acceptors (Lipinski definition) is 5. The van der Waals surface area contributed by atoms with Gasteiger partial charge in [0.05, 0.1) is 18.7 Å². The van der Waals surface area contributed by atoms with Crippen molar-refractivity contribution in [3.8, 4) is 11.4 Å². The molecule has 1 saturated heterocycles. The van der Waals surface area contributed by atoms with Gasteiger partial charge in [0.25, 0.3) is 0 Å². The highest BCUT2D eigenvalue weighted by atomic mass is 35.5. The highest BCUT2D eigenvalue weighted by molar-refractivity contribution is 8.00. The Morgan fingerprint density at radius 3 is 3.00 bits per heavy atom. The number of hydrogen-bond donors (Lipinski definition) is 1. The third-order valence-corrected chi connectivity index (χ3v) is 6.26. The summed E-state index contributed by atoms with van der Waals surface area (Å²) in [6, 6.07) is 7.59. The summed E-state index contributed by atoms with van der Waals surface area (Å²) in [7, 11) is 3.32. The number of aromatic nitrogens is 3. The quantitative estimate of drug-likeness (QED) is 0.622. The highest BCUT2D eigenvalue weighted by Gasteiger charge is 2.30. The number of thioether (sulfide) groups is 1. The first-order valence-electron chi connectivity index (χ1n) is 7.93. The Morgan fingerprint density at radius 2 is 2.28 bits per heavy atom. The second kappa shape index (κ2) is 7.90. The molecular formula is C16H20ClN4O2S2+. The van der Waals surface area contributed by atoms with Crippen LogP contribution in [-0.4, -0.2) is 51.5 Å². The largest absolute Gasteiger partial charge is 0.468 e. The maximum absolute atomic E-state index is 11.8. The van der Waals surface area contributed by atoms with Crippen LogP contribution in [0.25, 0.3) is 11.4 Å². The lowest BCUT2D eigenvalue weighted by molar-refractivity contribution is -0.921. The first kappa shape index (κ1) is 18.4. The van der Waals surface area contributed by atoms with E-state index in [1.54, 1.807) is 11.8 Å². The van der Waals surface area contributed by atoms with Crippen LogP contribution in [-0.2, 0) is 23.2 Å². The van der Waals surface area contributed by atoms with Crippen LogP contribution in [0.5, 0.6) is 0 Å². The van der Waals surface area contributed by atoms with Crippen molar-refractivity contribution in [1.82, 2.24) is 14.3 Å². The van der Waals surface area contributed by atoms with E-state index in [1.807, 2.05) is 40.6 Å². The fraction of sp³-hybridized carbons (Fsp3) is 0.438. The van der Waals surface area contributed by atoms with Gasteiger partial charge in [0.2, 0.25) is 4.77 Å². The first-order valence-corrected chi connectivity index (χ1v) is 9.76. The molecule has 2 heterocycles. The molecule has 1 aliphatic heterocycles. The van der Waals surface area contributed by atoms with E-state index in [0.717, 1.165) is 23.7 Å². The van der Waals surface area contributed by atoms with Gasteiger partial charge in [-0.2, -0.15) is 4.68 Å². The monoisotopic (exact) mass is 399 g/mol. The molecule has 1 unspecified atom stereocenters. The van der Waals surface area contributed by atoms with Gasteiger partial charge in [0.1, 0.15) is 6.54 Å². The van der Waals surface area contributed by atoms with E-state index in [2.05, 4.69) is 5.10 Å².